The van der Waals surface area contributed by atoms with Crippen LogP contribution < -0.4 is 61.2 Å². The molecule has 0 saturated carbocycles. The molecule has 0 aliphatic heterocycles. The second-order valence-electron chi connectivity index (χ2n) is 5.64. The van der Waals surface area contributed by atoms with Gasteiger partial charge in [-0.2, -0.15) is 8.42 Å². The van der Waals surface area contributed by atoms with Gasteiger partial charge in [-0.25, -0.2) is 0 Å². The van der Waals surface area contributed by atoms with Crippen LogP contribution in [-0.2, 0) is 16.5 Å². The van der Waals surface area contributed by atoms with Crippen LogP contribution in [0.4, 0.5) is 0 Å². The topological polar surface area (TPSA) is 86.7 Å². The van der Waals surface area contributed by atoms with Crippen LogP contribution in [-0.4, -0.2) is 13.0 Å². The van der Waals surface area contributed by atoms with E-state index in [0.717, 1.165) is 37.7 Å². The van der Waals surface area contributed by atoms with Crippen molar-refractivity contribution >= 4 is 10.1 Å². The summed E-state index contributed by atoms with van der Waals surface area (Å²) >= 11 is 0. The molecule has 0 amide bonds. The molecule has 0 spiro atoms. The summed E-state index contributed by atoms with van der Waals surface area (Å²) in [6.45, 7) is 2.13. The first kappa shape index (κ1) is 22.6. The summed E-state index contributed by atoms with van der Waals surface area (Å²) in [5, 5.41) is 11.1. The molecular formula is C18H21KO5S. The van der Waals surface area contributed by atoms with Gasteiger partial charge in [0.1, 0.15) is 16.4 Å². The Bertz CT molecular complexity index is 773. The number of hydrogen-bond acceptors (Lipinski definition) is 4. The number of hydrogen-bond donors (Lipinski definition) is 1. The zero-order chi connectivity index (χ0) is 17.6. The van der Waals surface area contributed by atoms with Crippen LogP contribution in [0.25, 0.3) is 0 Å². The van der Waals surface area contributed by atoms with Crippen molar-refractivity contribution in [3.8, 4) is 17.2 Å². The van der Waals surface area contributed by atoms with E-state index >= 15 is 0 Å². The minimum Gasteiger partial charge on any atom is -0.872 e. The number of benzene rings is 2. The first-order valence-electron chi connectivity index (χ1n) is 7.95. The van der Waals surface area contributed by atoms with E-state index in [1.165, 1.54) is 36.4 Å². The monoisotopic (exact) mass is 388 g/mol. The number of aryl methyl sites for hydroxylation is 1. The van der Waals surface area contributed by atoms with Crippen LogP contribution in [0.5, 0.6) is 17.2 Å². The van der Waals surface area contributed by atoms with Crippen LogP contribution in [0.3, 0.4) is 0 Å². The third kappa shape index (κ3) is 7.38. The molecule has 5 nitrogen and oxygen atoms in total. The van der Waals surface area contributed by atoms with Gasteiger partial charge in [-0.05, 0) is 42.7 Å². The number of ether oxygens (including phenoxy) is 1. The van der Waals surface area contributed by atoms with E-state index in [2.05, 4.69) is 6.92 Å². The summed E-state index contributed by atoms with van der Waals surface area (Å²) in [7, 11) is -4.41. The van der Waals surface area contributed by atoms with Gasteiger partial charge in [-0.15, -0.1) is 5.75 Å². The molecule has 0 aromatic heterocycles. The summed E-state index contributed by atoms with van der Waals surface area (Å²) < 4.78 is 38.3. The van der Waals surface area contributed by atoms with E-state index in [9.17, 15) is 18.1 Å². The van der Waals surface area contributed by atoms with E-state index in [4.69, 9.17) is 4.74 Å². The van der Waals surface area contributed by atoms with Crippen molar-refractivity contribution in [1.29, 1.82) is 0 Å². The summed E-state index contributed by atoms with van der Waals surface area (Å²) in [4.78, 5) is -0.262. The van der Waals surface area contributed by atoms with Crippen molar-refractivity contribution in [2.24, 2.45) is 0 Å². The first-order chi connectivity index (χ1) is 11.4. The maximum Gasteiger partial charge on any atom is 1.00 e. The number of rotatable bonds is 8. The fourth-order valence-corrected chi connectivity index (χ4v) is 3.05. The maximum atomic E-state index is 11.7. The van der Waals surface area contributed by atoms with Gasteiger partial charge in [-0.3, -0.25) is 4.55 Å². The molecule has 0 heterocycles. The van der Waals surface area contributed by atoms with Crippen molar-refractivity contribution in [2.75, 3.05) is 0 Å². The van der Waals surface area contributed by atoms with Gasteiger partial charge in [0, 0.05) is 0 Å². The minimum absolute atomic E-state index is 0. The zero-order valence-corrected chi connectivity index (χ0v) is 18.5. The normalized spacial score (nSPS) is 11.0. The van der Waals surface area contributed by atoms with Crippen LogP contribution in [0, 0.1) is 0 Å². The fourth-order valence-electron chi connectivity index (χ4n) is 2.38. The largest absolute Gasteiger partial charge is 1.00 e. The molecule has 0 radical (unpaired) electrons. The Labute approximate surface area is 191 Å². The molecule has 2 aromatic carbocycles. The zero-order valence-electron chi connectivity index (χ0n) is 14.6. The van der Waals surface area contributed by atoms with Crippen LogP contribution in [0.2, 0.25) is 0 Å². The summed E-state index contributed by atoms with van der Waals surface area (Å²) in [5.41, 5.74) is 0.834. The Balaban J connectivity index is 0.00000312. The number of unbranched alkanes of at least 4 members (excludes halogenated alkanes) is 3. The molecule has 0 atom stereocenters. The minimum atomic E-state index is -4.41. The predicted molar refractivity (Wildman–Crippen MR) is 90.1 cm³/mol. The van der Waals surface area contributed by atoms with Gasteiger partial charge in [0.15, 0.2) is 0 Å². The molecule has 0 fully saturated rings. The molecule has 0 unspecified atom stereocenters. The molecule has 1 N–H and O–H groups in total. The smallest absolute Gasteiger partial charge is 0.872 e. The molecule has 7 heteroatoms. The third-order valence-corrected chi connectivity index (χ3v) is 4.53. The standard InChI is InChI=1S/C18H22O5S.K/c1-2-3-4-5-6-14-7-12-17(18(13-14)24(20,21)22)23-16-10-8-15(19)9-11-16;/h7-13,19H,2-6H2,1H3,(H,20,21,22);/q;+1/p-1. The Morgan fingerprint density at radius 2 is 1.72 bits per heavy atom. The second-order valence-corrected chi connectivity index (χ2v) is 7.03. The van der Waals surface area contributed by atoms with E-state index in [0.29, 0.717) is 5.75 Å². The molecule has 0 aliphatic carbocycles. The average Bonchev–Trinajstić information content (AvgIpc) is 2.54. The maximum absolute atomic E-state index is 11.7. The average molecular weight is 389 g/mol. The fraction of sp³-hybridized carbons (Fsp3) is 0.333. The molecule has 0 bridgehead atoms. The molecule has 130 valence electrons. The molecule has 0 aliphatic rings. The second kappa shape index (κ2) is 10.7. The van der Waals surface area contributed by atoms with Crippen LogP contribution >= 0.6 is 0 Å². The van der Waals surface area contributed by atoms with Crippen molar-refractivity contribution in [2.45, 2.75) is 43.9 Å². The van der Waals surface area contributed by atoms with Gasteiger partial charge >= 0.3 is 51.4 Å². The summed E-state index contributed by atoms with van der Waals surface area (Å²) in [5.74, 6) is 0.198. The molecule has 0 saturated heterocycles. The Morgan fingerprint density at radius 3 is 2.32 bits per heavy atom. The van der Waals surface area contributed by atoms with Gasteiger partial charge in [0.2, 0.25) is 0 Å². The van der Waals surface area contributed by atoms with Crippen molar-refractivity contribution in [3.63, 3.8) is 0 Å². The first-order valence-corrected chi connectivity index (χ1v) is 9.39. The molecule has 2 aromatic rings. The van der Waals surface area contributed by atoms with E-state index < -0.39 is 10.1 Å². The van der Waals surface area contributed by atoms with Gasteiger partial charge < -0.3 is 9.84 Å². The van der Waals surface area contributed by atoms with Crippen LogP contribution in [0.15, 0.2) is 47.4 Å². The van der Waals surface area contributed by atoms with Crippen molar-refractivity contribution in [3.05, 3.63) is 48.0 Å². The quantitative estimate of drug-likeness (QED) is 0.413. The molecular weight excluding hydrogens is 367 g/mol. The Kier molecular flexibility index (Phi) is 9.65. The van der Waals surface area contributed by atoms with Crippen LogP contribution in [0.1, 0.15) is 38.2 Å². The Hall–Kier alpha value is -0.414. The third-order valence-electron chi connectivity index (χ3n) is 3.66. The summed E-state index contributed by atoms with van der Waals surface area (Å²) in [6, 6.07) is 10.3. The van der Waals surface area contributed by atoms with Crippen molar-refractivity contribution < 1.29 is 74.2 Å². The molecule has 25 heavy (non-hydrogen) atoms. The van der Waals surface area contributed by atoms with Crippen molar-refractivity contribution in [1.82, 2.24) is 0 Å². The SMILES string of the molecule is CCCCCCc1ccc(Oc2ccc([O-])cc2)c(S(=O)(=O)O)c1.[K+]. The van der Waals surface area contributed by atoms with Gasteiger partial charge in [0.05, 0.1) is 0 Å². The van der Waals surface area contributed by atoms with Gasteiger partial charge in [-0.1, -0.05) is 44.4 Å². The van der Waals surface area contributed by atoms with E-state index in [1.807, 2.05) is 0 Å². The Morgan fingerprint density at radius 1 is 1.04 bits per heavy atom. The predicted octanol–water partition coefficient (Wildman–Crippen LogP) is 0.926. The van der Waals surface area contributed by atoms with E-state index in [1.54, 1.807) is 6.07 Å². The van der Waals surface area contributed by atoms with Gasteiger partial charge in [0.25, 0.3) is 10.1 Å². The summed E-state index contributed by atoms with van der Waals surface area (Å²) in [6.07, 6.45) is 5.06. The van der Waals surface area contributed by atoms with E-state index in [-0.39, 0.29) is 67.8 Å². The molecule has 2 rings (SSSR count).